The molecular weight excluding hydrogens is 144 g/mol. The molecule has 0 aromatic heterocycles. The molecule has 0 rings (SSSR count). The lowest BCUT2D eigenvalue weighted by Crippen LogP contribution is -2.33. The average Bonchev–Trinajstić information content (AvgIpc) is 1.97. The molecule has 64 valence electrons. The van der Waals surface area contributed by atoms with Crippen molar-refractivity contribution in [2.75, 3.05) is 13.1 Å². The molecule has 4 heteroatoms. The van der Waals surface area contributed by atoms with Crippen LogP contribution in [0.1, 0.15) is 6.42 Å². The van der Waals surface area contributed by atoms with E-state index in [0.717, 1.165) is 0 Å². The Morgan fingerprint density at radius 2 is 2.45 bits per heavy atom. The van der Waals surface area contributed by atoms with Crippen molar-refractivity contribution in [3.63, 3.8) is 0 Å². The maximum atomic E-state index is 10.2. The number of aliphatic carboxylic acids is 1. The number of hydrogen-bond donors (Lipinski definition) is 3. The molecule has 4 N–H and O–H groups in total. The molecular formula is C7H14N2O2. The molecule has 0 amide bonds. The van der Waals surface area contributed by atoms with Gasteiger partial charge in [-0.3, -0.25) is 4.79 Å². The van der Waals surface area contributed by atoms with E-state index in [1.54, 1.807) is 6.08 Å². The Morgan fingerprint density at radius 1 is 1.82 bits per heavy atom. The topological polar surface area (TPSA) is 75.3 Å². The molecule has 0 aliphatic carbocycles. The molecule has 0 aliphatic heterocycles. The van der Waals surface area contributed by atoms with Crippen LogP contribution in [0.4, 0.5) is 0 Å². The maximum absolute atomic E-state index is 10.2. The fourth-order valence-corrected chi connectivity index (χ4v) is 0.585. The van der Waals surface area contributed by atoms with Gasteiger partial charge < -0.3 is 16.2 Å². The number of carboxylic acid groups (broad SMARTS) is 1. The molecule has 0 spiro atoms. The zero-order valence-electron chi connectivity index (χ0n) is 6.42. The fourth-order valence-electron chi connectivity index (χ4n) is 0.585. The Labute approximate surface area is 66.1 Å². The second-order valence-electron chi connectivity index (χ2n) is 2.23. The summed E-state index contributed by atoms with van der Waals surface area (Å²) >= 11 is 0. The summed E-state index contributed by atoms with van der Waals surface area (Å²) in [6.07, 6.45) is 2.16. The molecule has 0 aliphatic rings. The van der Waals surface area contributed by atoms with E-state index in [-0.39, 0.29) is 0 Å². The molecule has 0 saturated heterocycles. The van der Waals surface area contributed by atoms with Gasteiger partial charge in [0.15, 0.2) is 0 Å². The Bertz CT molecular complexity index is 136. The lowest BCUT2D eigenvalue weighted by atomic mass is 10.2. The van der Waals surface area contributed by atoms with Crippen LogP contribution in [0.5, 0.6) is 0 Å². The molecule has 0 fully saturated rings. The minimum absolute atomic E-state index is 0.448. The van der Waals surface area contributed by atoms with E-state index < -0.39 is 12.0 Å². The van der Waals surface area contributed by atoms with E-state index in [0.29, 0.717) is 19.5 Å². The van der Waals surface area contributed by atoms with Gasteiger partial charge in [-0.25, -0.2) is 0 Å². The number of carboxylic acids is 1. The largest absolute Gasteiger partial charge is 0.480 e. The summed E-state index contributed by atoms with van der Waals surface area (Å²) in [5.74, 6) is -0.953. The number of rotatable bonds is 6. The van der Waals surface area contributed by atoms with Gasteiger partial charge in [0.1, 0.15) is 6.04 Å². The summed E-state index contributed by atoms with van der Waals surface area (Å²) in [5, 5.41) is 11.3. The van der Waals surface area contributed by atoms with Crippen LogP contribution < -0.4 is 11.1 Å². The van der Waals surface area contributed by atoms with Gasteiger partial charge in [0, 0.05) is 6.54 Å². The first-order valence-electron chi connectivity index (χ1n) is 3.48. The molecule has 0 aromatic carbocycles. The van der Waals surface area contributed by atoms with E-state index >= 15 is 0 Å². The zero-order valence-corrected chi connectivity index (χ0v) is 6.42. The minimum atomic E-state index is -0.953. The zero-order chi connectivity index (χ0) is 8.69. The van der Waals surface area contributed by atoms with Crippen LogP contribution in [0.25, 0.3) is 0 Å². The molecule has 0 aromatic rings. The van der Waals surface area contributed by atoms with Crippen molar-refractivity contribution in [3.8, 4) is 0 Å². The van der Waals surface area contributed by atoms with Gasteiger partial charge in [-0.2, -0.15) is 0 Å². The van der Waals surface area contributed by atoms with E-state index in [1.165, 1.54) is 0 Å². The summed E-state index contributed by atoms with van der Waals surface area (Å²) in [4.78, 5) is 10.2. The van der Waals surface area contributed by atoms with Gasteiger partial charge in [-0.05, 0) is 13.0 Å². The second kappa shape index (κ2) is 5.88. The van der Waals surface area contributed by atoms with Crippen LogP contribution in [0, 0.1) is 0 Å². The normalized spacial score (nSPS) is 12.5. The highest BCUT2D eigenvalue weighted by atomic mass is 16.4. The third-order valence-electron chi connectivity index (χ3n) is 1.24. The number of carbonyl (C=O) groups is 1. The SMILES string of the molecule is C=CCNCCC(N)C(=O)O. The van der Waals surface area contributed by atoms with E-state index in [2.05, 4.69) is 11.9 Å². The summed E-state index contributed by atoms with van der Waals surface area (Å²) < 4.78 is 0. The first-order chi connectivity index (χ1) is 5.18. The summed E-state index contributed by atoms with van der Waals surface area (Å²) in [7, 11) is 0. The highest BCUT2D eigenvalue weighted by Crippen LogP contribution is 1.84. The summed E-state index contributed by atoms with van der Waals surface area (Å²) in [6, 6.07) is -0.757. The van der Waals surface area contributed by atoms with Gasteiger partial charge >= 0.3 is 5.97 Å². The van der Waals surface area contributed by atoms with Gasteiger partial charge in [0.2, 0.25) is 0 Å². The standard InChI is InChI=1S/C7H14N2O2/c1-2-4-9-5-3-6(8)7(10)11/h2,6,9H,1,3-5,8H2,(H,10,11). The van der Waals surface area contributed by atoms with Crippen LogP contribution in [0.3, 0.4) is 0 Å². The second-order valence-corrected chi connectivity index (χ2v) is 2.23. The number of nitrogens with two attached hydrogens (primary N) is 1. The highest BCUT2D eigenvalue weighted by molar-refractivity contribution is 5.72. The molecule has 4 nitrogen and oxygen atoms in total. The minimum Gasteiger partial charge on any atom is -0.480 e. The third-order valence-corrected chi connectivity index (χ3v) is 1.24. The highest BCUT2D eigenvalue weighted by Gasteiger charge is 2.09. The van der Waals surface area contributed by atoms with Crippen LogP contribution in [-0.2, 0) is 4.79 Å². The molecule has 11 heavy (non-hydrogen) atoms. The maximum Gasteiger partial charge on any atom is 0.320 e. The van der Waals surface area contributed by atoms with Crippen molar-refractivity contribution in [2.24, 2.45) is 5.73 Å². The summed E-state index contributed by atoms with van der Waals surface area (Å²) in [6.45, 7) is 4.80. The quantitative estimate of drug-likeness (QED) is 0.362. The molecule has 1 unspecified atom stereocenters. The van der Waals surface area contributed by atoms with Gasteiger partial charge in [0.05, 0.1) is 0 Å². The lowest BCUT2D eigenvalue weighted by molar-refractivity contribution is -0.138. The molecule has 0 saturated carbocycles. The number of hydrogen-bond acceptors (Lipinski definition) is 3. The number of nitrogens with one attached hydrogen (secondary N) is 1. The predicted octanol–water partition coefficient (Wildman–Crippen LogP) is -0.436. The van der Waals surface area contributed by atoms with Crippen LogP contribution in [-0.4, -0.2) is 30.2 Å². The van der Waals surface area contributed by atoms with Crippen LogP contribution in [0.2, 0.25) is 0 Å². The lowest BCUT2D eigenvalue weighted by Gasteiger charge is -2.05. The van der Waals surface area contributed by atoms with E-state index in [1.807, 2.05) is 0 Å². The average molecular weight is 158 g/mol. The Kier molecular flexibility index (Phi) is 5.42. The summed E-state index contributed by atoms with van der Waals surface area (Å²) in [5.41, 5.74) is 5.23. The Hall–Kier alpha value is -0.870. The van der Waals surface area contributed by atoms with Crippen molar-refractivity contribution < 1.29 is 9.90 Å². The smallest absolute Gasteiger partial charge is 0.320 e. The van der Waals surface area contributed by atoms with Crippen molar-refractivity contribution in [2.45, 2.75) is 12.5 Å². The Balaban J connectivity index is 3.24. The van der Waals surface area contributed by atoms with Crippen LogP contribution >= 0.6 is 0 Å². The van der Waals surface area contributed by atoms with Crippen molar-refractivity contribution in [3.05, 3.63) is 12.7 Å². The Morgan fingerprint density at radius 3 is 2.91 bits per heavy atom. The van der Waals surface area contributed by atoms with Crippen molar-refractivity contribution in [1.29, 1.82) is 0 Å². The van der Waals surface area contributed by atoms with Crippen LogP contribution in [0.15, 0.2) is 12.7 Å². The molecule has 1 atom stereocenters. The predicted molar refractivity (Wildman–Crippen MR) is 43.3 cm³/mol. The fraction of sp³-hybridized carbons (Fsp3) is 0.571. The first kappa shape index (κ1) is 10.1. The molecule has 0 radical (unpaired) electrons. The van der Waals surface area contributed by atoms with Gasteiger partial charge in [-0.1, -0.05) is 6.08 Å². The monoisotopic (exact) mass is 158 g/mol. The third kappa shape index (κ3) is 5.57. The first-order valence-corrected chi connectivity index (χ1v) is 3.48. The van der Waals surface area contributed by atoms with E-state index in [4.69, 9.17) is 10.8 Å². The van der Waals surface area contributed by atoms with Crippen molar-refractivity contribution in [1.82, 2.24) is 5.32 Å². The van der Waals surface area contributed by atoms with E-state index in [9.17, 15) is 4.79 Å². The van der Waals surface area contributed by atoms with Gasteiger partial charge in [-0.15, -0.1) is 6.58 Å². The molecule has 0 heterocycles. The van der Waals surface area contributed by atoms with Crippen molar-refractivity contribution >= 4 is 5.97 Å². The van der Waals surface area contributed by atoms with Gasteiger partial charge in [0.25, 0.3) is 0 Å². The molecule has 0 bridgehead atoms.